The van der Waals surface area contributed by atoms with Gasteiger partial charge in [0.1, 0.15) is 0 Å². The van der Waals surface area contributed by atoms with Crippen molar-refractivity contribution in [3.05, 3.63) is 0 Å². The Morgan fingerprint density at radius 3 is 1.14 bits per heavy atom. The molecule has 12 nitrogen and oxygen atoms in total. The third-order valence-electron chi connectivity index (χ3n) is 13.8. The molecule has 9 aliphatic rings. The zero-order chi connectivity index (χ0) is 72.6. The highest BCUT2D eigenvalue weighted by atomic mass is 32.2. The Balaban J connectivity index is -0.000000115. The Hall–Kier alpha value is 1.27. The van der Waals surface area contributed by atoms with Gasteiger partial charge in [0.15, 0.2) is 0 Å². The van der Waals surface area contributed by atoms with Crippen molar-refractivity contribution in [2.75, 3.05) is 120 Å². The zero-order valence-electron chi connectivity index (χ0n) is 68.2. The van der Waals surface area contributed by atoms with E-state index >= 15 is 0 Å². The molecule has 7 unspecified atom stereocenters. The van der Waals surface area contributed by atoms with Gasteiger partial charge in [0.05, 0.1) is 70.2 Å². The molecule has 9 aliphatic heterocycles. The van der Waals surface area contributed by atoms with Crippen LogP contribution in [-0.4, -0.2) is 182 Å². The molecular weight excluding hydrogens is 1230 g/mol. The summed E-state index contributed by atoms with van der Waals surface area (Å²) in [7, 11) is 0. The Morgan fingerprint density at radius 2 is 0.934 bits per heavy atom. The molecule has 4 N–H and O–H groups in total. The first-order chi connectivity index (χ1) is 43.7. The summed E-state index contributed by atoms with van der Waals surface area (Å²) in [5.74, 6) is 14.4. The van der Waals surface area contributed by atoms with E-state index < -0.39 is 0 Å². The maximum atomic E-state index is 5.54. The lowest BCUT2D eigenvalue weighted by atomic mass is 9.99. The van der Waals surface area contributed by atoms with E-state index in [1.54, 1.807) is 0 Å². The second-order valence-corrected chi connectivity index (χ2v) is 28.6. The van der Waals surface area contributed by atoms with Gasteiger partial charge in [-0.1, -0.05) is 222 Å². The molecule has 0 aromatic heterocycles. The minimum Gasteiger partial charge on any atom is -0.378 e. The summed E-state index contributed by atoms with van der Waals surface area (Å²) in [6.45, 7) is 86.8. The molecule has 9 fully saturated rings. The van der Waals surface area contributed by atoms with Crippen LogP contribution in [0.2, 0.25) is 0 Å². The normalized spacial score (nSPS) is 23.1. The predicted octanol–water partition coefficient (Wildman–Crippen LogP) is 20.8. The molecule has 564 valence electrons. The van der Waals surface area contributed by atoms with Crippen molar-refractivity contribution in [3.8, 4) is 0 Å². The van der Waals surface area contributed by atoms with Crippen molar-refractivity contribution < 1.29 is 28.4 Å². The van der Waals surface area contributed by atoms with E-state index in [9.17, 15) is 0 Å². The van der Waals surface area contributed by atoms with Crippen molar-refractivity contribution in [1.82, 2.24) is 31.1 Å². The van der Waals surface area contributed by atoms with Gasteiger partial charge in [0, 0.05) is 102 Å². The van der Waals surface area contributed by atoms with E-state index in [4.69, 9.17) is 28.4 Å². The van der Waals surface area contributed by atoms with Crippen LogP contribution in [0.15, 0.2) is 0 Å². The second-order valence-electron chi connectivity index (χ2n) is 23.1. The summed E-state index contributed by atoms with van der Waals surface area (Å²) in [6.07, 6.45) is 5.44. The number of hydrogen-bond donors (Lipinski definition) is 4. The zero-order valence-corrected chi connectivity index (χ0v) is 72.3. The van der Waals surface area contributed by atoms with Gasteiger partial charge in [-0.3, -0.25) is 20.4 Å². The van der Waals surface area contributed by atoms with Gasteiger partial charge in [-0.25, -0.2) is 0 Å². The average molecular weight is 1400 g/mol. The van der Waals surface area contributed by atoms with E-state index in [2.05, 4.69) is 156 Å². The van der Waals surface area contributed by atoms with E-state index in [1.807, 2.05) is 183 Å². The monoisotopic (exact) mass is 1400 g/mol. The predicted molar refractivity (Wildman–Crippen MR) is 430 cm³/mol. The van der Waals surface area contributed by atoms with Gasteiger partial charge in [0.2, 0.25) is 0 Å². The highest BCUT2D eigenvalue weighted by molar-refractivity contribution is 8.00. The first kappa shape index (κ1) is 111. The van der Waals surface area contributed by atoms with Crippen molar-refractivity contribution in [1.29, 1.82) is 0 Å². The molecule has 9 saturated heterocycles. The van der Waals surface area contributed by atoms with Crippen LogP contribution in [0.3, 0.4) is 0 Å². The van der Waals surface area contributed by atoms with Gasteiger partial charge in [-0.05, 0) is 88.4 Å². The standard InChI is InChI=1S/C8H16O.3C6H13NO.3C6H13NS.2C6H12OS.9C2H6/c1-7(2)8-5-3-4-6-9-8;1-5(2)6-3-8-4-7-6;1-5(2)6-3-7-4-8-6;1-6(2)7-3-4-8-5-7;1-5(2)6-3-8-4-7-6;1-5(2)6-3-7-4-8-6;1-6(2)7-3-4-8-5-7;1-5(2)6-3-8-4-7-6;1-5(2)6-3-7-4-8-6;9*1-2/h7-8H,3-6H2,1-2H3;2*5-7H,3-4H2,1-2H3;6H,3-5H2,1-2H3;2*5-7H,3-4H2,1-2H3;6H,3-5H2,1-2H3;2*5-6H,3-4H2,1-2H3;9*1-2H3. The first-order valence-electron chi connectivity index (χ1n) is 37.6. The number of rotatable bonds is 9. The molecule has 0 radical (unpaired) electrons. The first-order valence-corrected chi connectivity index (χ1v) is 43.2. The molecule has 9 rings (SSSR count). The third kappa shape index (κ3) is 70.9. The Bertz CT molecular complexity index is 962. The Labute approximate surface area is 596 Å². The highest BCUT2D eigenvalue weighted by Gasteiger charge is 2.22. The Morgan fingerprint density at radius 1 is 0.385 bits per heavy atom. The molecule has 17 heteroatoms. The molecule has 91 heavy (non-hydrogen) atoms. The summed E-state index contributed by atoms with van der Waals surface area (Å²) >= 11 is 9.89. The van der Waals surface area contributed by atoms with Gasteiger partial charge in [0.25, 0.3) is 0 Å². The summed E-state index contributed by atoms with van der Waals surface area (Å²) in [4.78, 5) is 4.80. The lowest BCUT2D eigenvalue weighted by molar-refractivity contribution is -0.0115. The largest absolute Gasteiger partial charge is 0.378 e. The minimum absolute atomic E-state index is 0.454. The number of hydrogen-bond acceptors (Lipinski definition) is 17. The van der Waals surface area contributed by atoms with Crippen LogP contribution in [0.4, 0.5) is 0 Å². The molecular formula is C74H172N6O6S5. The molecule has 0 saturated carbocycles. The molecule has 9 heterocycles. The smallest absolute Gasteiger partial charge is 0.0993 e. The maximum absolute atomic E-state index is 5.54. The van der Waals surface area contributed by atoms with Crippen LogP contribution in [0, 0.1) is 41.4 Å². The van der Waals surface area contributed by atoms with E-state index in [1.165, 1.54) is 55.5 Å². The fraction of sp³-hybridized carbons (Fsp3) is 1.00. The van der Waals surface area contributed by atoms with Crippen LogP contribution in [0.25, 0.3) is 0 Å². The molecule has 0 aliphatic carbocycles. The quantitative estimate of drug-likeness (QED) is 0.176. The fourth-order valence-electron chi connectivity index (χ4n) is 7.81. The number of nitrogens with one attached hydrogen (secondary N) is 4. The van der Waals surface area contributed by atoms with Crippen molar-refractivity contribution in [3.63, 3.8) is 0 Å². The van der Waals surface area contributed by atoms with Gasteiger partial charge in [-0.2, -0.15) is 0 Å². The topological polar surface area (TPSA) is 110 Å². The van der Waals surface area contributed by atoms with E-state index in [0.29, 0.717) is 54.1 Å². The minimum atomic E-state index is 0.454. The summed E-state index contributed by atoms with van der Waals surface area (Å²) in [5, 5.41) is 14.7. The molecule has 0 spiro atoms. The van der Waals surface area contributed by atoms with Crippen molar-refractivity contribution >= 4 is 58.8 Å². The van der Waals surface area contributed by atoms with E-state index in [0.717, 1.165) is 124 Å². The van der Waals surface area contributed by atoms with Crippen LogP contribution in [0.5, 0.6) is 0 Å². The SMILES string of the molecule is CC.CC.CC.CC.CC.CC.CC.CC.CC.CC(C)C1CCCCO1.CC(C)C1CNCO1.CC(C)C1CNCS1.CC(C)C1COCN1.CC(C)C1COCS1.CC(C)C1CSCN1.CC(C)C1CSCO1.CC(C)N1CCOC1.CC(C)N1CCSC1. The lowest BCUT2D eigenvalue weighted by Gasteiger charge is -2.25. The van der Waals surface area contributed by atoms with Crippen LogP contribution < -0.4 is 21.3 Å². The molecule has 0 amide bonds. The Kier molecular flexibility index (Phi) is 106. The third-order valence-corrected chi connectivity index (χ3v) is 19.6. The van der Waals surface area contributed by atoms with Crippen molar-refractivity contribution in [2.45, 2.75) is 321 Å². The average Bonchev–Trinajstić information content (AvgIpc) is 4.49. The number of nitrogens with zero attached hydrogens (tertiary/aromatic N) is 2. The van der Waals surface area contributed by atoms with E-state index in [-0.39, 0.29) is 0 Å². The fourth-order valence-corrected chi connectivity index (χ4v) is 13.3. The van der Waals surface area contributed by atoms with Crippen LogP contribution in [0.1, 0.15) is 269 Å². The summed E-state index contributed by atoms with van der Waals surface area (Å²) in [6, 6.07) is 2.78. The highest BCUT2D eigenvalue weighted by Crippen LogP contribution is 2.26. The molecule has 0 aromatic carbocycles. The van der Waals surface area contributed by atoms with Crippen molar-refractivity contribution in [2.24, 2.45) is 41.4 Å². The van der Waals surface area contributed by atoms with Crippen LogP contribution >= 0.6 is 58.8 Å². The van der Waals surface area contributed by atoms with Gasteiger partial charge >= 0.3 is 0 Å². The number of thioether (sulfide) groups is 5. The van der Waals surface area contributed by atoms with Gasteiger partial charge in [-0.15, -0.1) is 58.8 Å². The lowest BCUT2D eigenvalue weighted by Crippen LogP contribution is -2.28. The number of ether oxygens (including phenoxy) is 6. The van der Waals surface area contributed by atoms with Crippen LogP contribution in [-0.2, 0) is 28.4 Å². The maximum Gasteiger partial charge on any atom is 0.0993 e. The van der Waals surface area contributed by atoms with Gasteiger partial charge < -0.3 is 39.1 Å². The molecule has 0 bridgehead atoms. The summed E-state index contributed by atoms with van der Waals surface area (Å²) < 4.78 is 31.7. The second kappa shape index (κ2) is 87.4. The molecule has 7 atom stereocenters. The summed E-state index contributed by atoms with van der Waals surface area (Å²) in [5.41, 5.74) is 0. The molecule has 0 aromatic rings.